The van der Waals surface area contributed by atoms with Gasteiger partial charge in [0.1, 0.15) is 5.75 Å². The second-order valence-electron chi connectivity index (χ2n) is 6.96. The van der Waals surface area contributed by atoms with Crippen molar-refractivity contribution < 1.29 is 17.9 Å². The lowest BCUT2D eigenvalue weighted by Crippen LogP contribution is -2.17. The van der Waals surface area contributed by atoms with Gasteiger partial charge in [-0.15, -0.1) is 0 Å². The Kier molecular flexibility index (Phi) is 6.09. The van der Waals surface area contributed by atoms with E-state index in [1.165, 1.54) is 18.3 Å². The van der Waals surface area contributed by atoms with Gasteiger partial charge in [0.05, 0.1) is 11.3 Å². The predicted molar refractivity (Wildman–Crippen MR) is 123 cm³/mol. The third-order valence-electron chi connectivity index (χ3n) is 4.66. The number of sulfonamides is 1. The third kappa shape index (κ3) is 4.88. The number of amides is 1. The number of nitrogens with zero attached hydrogens (tertiary/aromatic N) is 1. The van der Waals surface area contributed by atoms with Gasteiger partial charge in [-0.3, -0.25) is 4.79 Å². The fourth-order valence-electron chi connectivity index (χ4n) is 3.23. The summed E-state index contributed by atoms with van der Waals surface area (Å²) in [4.78, 5) is 16.7. The molecule has 9 heteroatoms. The molecule has 4 aromatic rings. The van der Waals surface area contributed by atoms with Crippen molar-refractivity contribution in [2.45, 2.75) is 11.3 Å². The molecule has 1 heterocycles. The summed E-state index contributed by atoms with van der Waals surface area (Å²) in [5.74, 6) is 0.339. The number of carbonyl (C=O) groups excluding carboxylic acids is 1. The number of nitrogens with one attached hydrogen (secondary N) is 1. The number of hydrogen-bond acceptors (Lipinski definition) is 5. The summed E-state index contributed by atoms with van der Waals surface area (Å²) < 4.78 is 30.4. The van der Waals surface area contributed by atoms with E-state index in [1.807, 2.05) is 6.07 Å². The van der Waals surface area contributed by atoms with Gasteiger partial charge in [0.2, 0.25) is 21.8 Å². The van der Waals surface area contributed by atoms with Crippen LogP contribution in [0.2, 0.25) is 5.02 Å². The Morgan fingerprint density at radius 2 is 1.72 bits per heavy atom. The summed E-state index contributed by atoms with van der Waals surface area (Å²) >= 11 is 6.13. The highest BCUT2D eigenvalue weighted by Gasteiger charge is 2.19. The zero-order chi connectivity index (χ0) is 22.7. The first-order chi connectivity index (χ1) is 15.3. The van der Waals surface area contributed by atoms with Gasteiger partial charge in [-0.2, -0.15) is 0 Å². The molecule has 162 valence electrons. The molecule has 0 atom stereocenters. The topological polar surface area (TPSA) is 111 Å². The van der Waals surface area contributed by atoms with E-state index in [2.05, 4.69) is 10.3 Å². The third-order valence-corrected chi connectivity index (χ3v) is 5.98. The molecule has 0 aliphatic carbocycles. The van der Waals surface area contributed by atoms with Gasteiger partial charge in [-0.1, -0.05) is 48.0 Å². The fraction of sp³-hybridized carbons (Fsp3) is 0.0435. The van der Waals surface area contributed by atoms with E-state index in [0.29, 0.717) is 27.1 Å². The molecule has 1 amide bonds. The molecule has 0 saturated carbocycles. The first kappa shape index (κ1) is 21.8. The van der Waals surface area contributed by atoms with Gasteiger partial charge in [0.25, 0.3) is 0 Å². The summed E-state index contributed by atoms with van der Waals surface area (Å²) in [5, 5.41) is 9.34. The summed E-state index contributed by atoms with van der Waals surface area (Å²) in [6.45, 7) is 0. The van der Waals surface area contributed by atoms with E-state index in [0.717, 1.165) is 0 Å². The van der Waals surface area contributed by atoms with E-state index in [4.69, 9.17) is 21.5 Å². The van der Waals surface area contributed by atoms with Crippen LogP contribution in [-0.2, 0) is 21.2 Å². The molecule has 0 bridgehead atoms. The monoisotopic (exact) mass is 467 g/mol. The van der Waals surface area contributed by atoms with Crippen molar-refractivity contribution in [3.05, 3.63) is 89.6 Å². The molecule has 0 aliphatic heterocycles. The summed E-state index contributed by atoms with van der Waals surface area (Å²) in [5.41, 5.74) is 0.887. The van der Waals surface area contributed by atoms with E-state index in [9.17, 15) is 13.2 Å². The van der Waals surface area contributed by atoms with Crippen molar-refractivity contribution in [3.8, 4) is 11.6 Å². The fourth-order valence-corrected chi connectivity index (χ4v) is 4.21. The normalized spacial score (nSPS) is 11.3. The number of nitrogens with two attached hydrogens (primary N) is 1. The second-order valence-corrected chi connectivity index (χ2v) is 8.90. The Hall–Kier alpha value is -3.46. The number of para-hydroxylation sites is 1. The number of anilines is 1. The van der Waals surface area contributed by atoms with Crippen LogP contribution in [0.3, 0.4) is 0 Å². The molecule has 4 rings (SSSR count). The zero-order valence-electron chi connectivity index (χ0n) is 16.7. The van der Waals surface area contributed by atoms with Crippen LogP contribution < -0.4 is 15.2 Å². The lowest BCUT2D eigenvalue weighted by atomic mass is 10.1. The number of halogens is 1. The van der Waals surface area contributed by atoms with Crippen LogP contribution in [0.1, 0.15) is 5.56 Å². The van der Waals surface area contributed by atoms with Crippen molar-refractivity contribution in [2.75, 3.05) is 5.32 Å². The van der Waals surface area contributed by atoms with Crippen LogP contribution in [0.15, 0.2) is 83.9 Å². The van der Waals surface area contributed by atoms with Gasteiger partial charge in [0.15, 0.2) is 0 Å². The van der Waals surface area contributed by atoms with Crippen LogP contribution in [0.25, 0.3) is 10.8 Å². The Balaban J connectivity index is 1.75. The first-order valence-corrected chi connectivity index (χ1v) is 11.5. The van der Waals surface area contributed by atoms with Gasteiger partial charge in [-0.05, 0) is 42.0 Å². The first-order valence-electron chi connectivity index (χ1n) is 9.53. The molecular weight excluding hydrogens is 450 g/mol. The van der Waals surface area contributed by atoms with E-state index in [1.54, 1.807) is 54.6 Å². The van der Waals surface area contributed by atoms with Crippen molar-refractivity contribution in [3.63, 3.8) is 0 Å². The Labute approximate surface area is 189 Å². The zero-order valence-corrected chi connectivity index (χ0v) is 18.2. The second kappa shape index (κ2) is 8.96. The molecule has 7 nitrogen and oxygen atoms in total. The van der Waals surface area contributed by atoms with Gasteiger partial charge in [0, 0.05) is 27.7 Å². The molecule has 0 spiro atoms. The maximum Gasteiger partial charge on any atom is 0.238 e. The van der Waals surface area contributed by atoms with Crippen LogP contribution in [-0.4, -0.2) is 19.3 Å². The molecule has 1 aromatic heterocycles. The number of aromatic nitrogens is 1. The maximum atomic E-state index is 12.6. The lowest BCUT2D eigenvalue weighted by Gasteiger charge is -2.13. The SMILES string of the molecule is NS(=O)(=O)c1cc(NC(=O)Cc2ccccc2Cl)cc2c(Oc3ccccc3)nccc12. The lowest BCUT2D eigenvalue weighted by molar-refractivity contribution is -0.115. The van der Waals surface area contributed by atoms with E-state index >= 15 is 0 Å². The number of fused-ring (bicyclic) bond motifs is 1. The minimum absolute atomic E-state index is 0.0167. The highest BCUT2D eigenvalue weighted by molar-refractivity contribution is 7.89. The van der Waals surface area contributed by atoms with E-state index in [-0.39, 0.29) is 28.8 Å². The number of hydrogen-bond donors (Lipinski definition) is 2. The number of ether oxygens (including phenoxy) is 1. The predicted octanol–water partition coefficient (Wildman–Crippen LogP) is 4.51. The maximum absolute atomic E-state index is 12.6. The molecule has 0 saturated heterocycles. The molecule has 3 aromatic carbocycles. The number of pyridine rings is 1. The Bertz CT molecular complexity index is 1410. The van der Waals surface area contributed by atoms with Gasteiger partial charge >= 0.3 is 0 Å². The van der Waals surface area contributed by atoms with Crippen molar-refractivity contribution in [1.82, 2.24) is 4.98 Å². The number of carbonyl (C=O) groups is 1. The molecule has 3 N–H and O–H groups in total. The van der Waals surface area contributed by atoms with Crippen molar-refractivity contribution in [2.24, 2.45) is 5.14 Å². The van der Waals surface area contributed by atoms with Gasteiger partial charge in [-0.25, -0.2) is 18.5 Å². The average Bonchev–Trinajstić information content (AvgIpc) is 2.75. The molecule has 0 aliphatic rings. The van der Waals surface area contributed by atoms with Crippen LogP contribution >= 0.6 is 11.6 Å². The Morgan fingerprint density at radius 1 is 1.00 bits per heavy atom. The summed E-state index contributed by atoms with van der Waals surface area (Å²) in [6, 6.07) is 20.4. The highest BCUT2D eigenvalue weighted by Crippen LogP contribution is 2.34. The highest BCUT2D eigenvalue weighted by atomic mass is 35.5. The average molecular weight is 468 g/mol. The van der Waals surface area contributed by atoms with E-state index < -0.39 is 10.0 Å². The molecule has 0 fully saturated rings. The number of benzene rings is 3. The standard InChI is InChI=1S/C23H18ClN3O4S/c24-20-9-5-4-6-15(20)12-22(28)27-16-13-19-18(21(14-16)32(25,29)30)10-11-26-23(19)31-17-7-2-1-3-8-17/h1-11,13-14H,12H2,(H,27,28)(H2,25,29,30). The molecular formula is C23H18ClN3O4S. The molecule has 32 heavy (non-hydrogen) atoms. The largest absolute Gasteiger partial charge is 0.438 e. The van der Waals surface area contributed by atoms with Crippen LogP contribution in [0.4, 0.5) is 5.69 Å². The smallest absolute Gasteiger partial charge is 0.238 e. The number of primary sulfonamides is 1. The van der Waals surface area contributed by atoms with Crippen molar-refractivity contribution >= 4 is 44.0 Å². The number of rotatable bonds is 6. The quantitative estimate of drug-likeness (QED) is 0.433. The van der Waals surface area contributed by atoms with Crippen molar-refractivity contribution in [1.29, 1.82) is 0 Å². The Morgan fingerprint density at radius 3 is 2.44 bits per heavy atom. The molecule has 0 radical (unpaired) electrons. The van der Waals surface area contributed by atoms with Crippen LogP contribution in [0.5, 0.6) is 11.6 Å². The molecule has 0 unspecified atom stereocenters. The minimum atomic E-state index is -4.10. The van der Waals surface area contributed by atoms with Crippen LogP contribution in [0, 0.1) is 0 Å². The minimum Gasteiger partial charge on any atom is -0.438 e. The summed E-state index contributed by atoms with van der Waals surface area (Å²) in [7, 11) is -4.10. The summed E-state index contributed by atoms with van der Waals surface area (Å²) in [6.07, 6.45) is 1.45. The van der Waals surface area contributed by atoms with Gasteiger partial charge < -0.3 is 10.1 Å².